The minimum atomic E-state index is -3.41. The molecule has 0 aliphatic carbocycles. The fraction of sp³-hybridized carbons (Fsp3) is 0.381. The lowest BCUT2D eigenvalue weighted by Crippen LogP contribution is -2.32. The van der Waals surface area contributed by atoms with Crippen molar-refractivity contribution in [1.29, 1.82) is 0 Å². The number of aromatic nitrogens is 4. The number of piperidine rings is 1. The third-order valence-electron chi connectivity index (χ3n) is 5.52. The predicted octanol–water partition coefficient (Wildman–Crippen LogP) is 2.01. The van der Waals surface area contributed by atoms with Gasteiger partial charge in [-0.05, 0) is 68.7 Å². The van der Waals surface area contributed by atoms with Crippen molar-refractivity contribution in [3.05, 3.63) is 71.8 Å². The van der Waals surface area contributed by atoms with Gasteiger partial charge >= 0.3 is 0 Å². The Kier molecular flexibility index (Phi) is 6.21. The Hall–Kier alpha value is -2.62. The van der Waals surface area contributed by atoms with Gasteiger partial charge in [0.05, 0.1) is 29.0 Å². The second-order valence-electron chi connectivity index (χ2n) is 7.56. The van der Waals surface area contributed by atoms with E-state index in [0.717, 1.165) is 49.4 Å². The van der Waals surface area contributed by atoms with Crippen molar-refractivity contribution in [1.82, 2.24) is 29.6 Å². The maximum Gasteiger partial charge on any atom is 0.240 e. The zero-order chi connectivity index (χ0) is 21.0. The normalized spacial score (nSPS) is 16.0. The minimum absolute atomic E-state index is 0.328. The van der Waals surface area contributed by atoms with Crippen LogP contribution in [0.1, 0.15) is 35.7 Å². The minimum Gasteiger partial charge on any atom is -0.297 e. The SMILES string of the molecule is CNS(=O)(=O)c1cccc(C2CCN(Cc3cn(Cc4ccccn4)nn3)CC2)c1. The molecule has 1 aromatic carbocycles. The summed E-state index contributed by atoms with van der Waals surface area (Å²) in [5.41, 5.74) is 3.00. The van der Waals surface area contributed by atoms with Crippen molar-refractivity contribution in [2.45, 2.75) is 36.7 Å². The molecule has 0 bridgehead atoms. The van der Waals surface area contributed by atoms with Gasteiger partial charge in [0.25, 0.3) is 0 Å². The lowest BCUT2D eigenvalue weighted by Gasteiger charge is -2.31. The predicted molar refractivity (Wildman–Crippen MR) is 113 cm³/mol. The van der Waals surface area contributed by atoms with Gasteiger partial charge in [-0.1, -0.05) is 23.4 Å². The molecule has 1 aliphatic rings. The van der Waals surface area contributed by atoms with Gasteiger partial charge in [-0.25, -0.2) is 17.8 Å². The van der Waals surface area contributed by atoms with Crippen LogP contribution in [0.3, 0.4) is 0 Å². The molecule has 4 rings (SSSR count). The molecule has 0 atom stereocenters. The first-order chi connectivity index (χ1) is 14.5. The number of hydrogen-bond acceptors (Lipinski definition) is 6. The molecule has 0 radical (unpaired) electrons. The van der Waals surface area contributed by atoms with Crippen LogP contribution in [0.15, 0.2) is 59.8 Å². The van der Waals surface area contributed by atoms with Crippen LogP contribution in [-0.2, 0) is 23.1 Å². The Labute approximate surface area is 177 Å². The molecule has 0 amide bonds. The first kappa shape index (κ1) is 20.6. The first-order valence-corrected chi connectivity index (χ1v) is 11.6. The molecular weight excluding hydrogens is 400 g/mol. The highest BCUT2D eigenvalue weighted by atomic mass is 32.2. The smallest absolute Gasteiger partial charge is 0.240 e. The van der Waals surface area contributed by atoms with Gasteiger partial charge in [0.2, 0.25) is 10.0 Å². The van der Waals surface area contributed by atoms with E-state index in [1.54, 1.807) is 18.3 Å². The molecule has 1 aliphatic heterocycles. The number of hydrogen-bond donors (Lipinski definition) is 1. The Bertz CT molecular complexity index is 1080. The Balaban J connectivity index is 1.33. The topological polar surface area (TPSA) is 93.0 Å². The van der Waals surface area contributed by atoms with Gasteiger partial charge in [-0.2, -0.15) is 0 Å². The molecule has 30 heavy (non-hydrogen) atoms. The van der Waals surface area contributed by atoms with E-state index in [2.05, 4.69) is 24.9 Å². The van der Waals surface area contributed by atoms with E-state index in [0.29, 0.717) is 17.4 Å². The molecule has 0 spiro atoms. The number of sulfonamides is 1. The van der Waals surface area contributed by atoms with Crippen LogP contribution in [0.5, 0.6) is 0 Å². The highest BCUT2D eigenvalue weighted by Gasteiger charge is 2.22. The van der Waals surface area contributed by atoms with Gasteiger partial charge in [0.1, 0.15) is 0 Å². The molecule has 3 aromatic rings. The van der Waals surface area contributed by atoms with E-state index in [9.17, 15) is 8.42 Å². The molecule has 158 valence electrons. The van der Waals surface area contributed by atoms with Crippen molar-refractivity contribution in [3.63, 3.8) is 0 Å². The second-order valence-corrected chi connectivity index (χ2v) is 9.45. The summed E-state index contributed by atoms with van der Waals surface area (Å²) >= 11 is 0. The van der Waals surface area contributed by atoms with E-state index in [1.807, 2.05) is 41.2 Å². The summed E-state index contributed by atoms with van der Waals surface area (Å²) in [4.78, 5) is 7.03. The fourth-order valence-electron chi connectivity index (χ4n) is 3.85. The number of pyridine rings is 1. The average Bonchev–Trinajstić information content (AvgIpc) is 3.21. The van der Waals surface area contributed by atoms with Crippen LogP contribution < -0.4 is 4.72 Å². The molecule has 1 fully saturated rings. The Morgan fingerprint density at radius 3 is 2.63 bits per heavy atom. The summed E-state index contributed by atoms with van der Waals surface area (Å²) < 4.78 is 28.3. The first-order valence-electron chi connectivity index (χ1n) is 10.1. The van der Waals surface area contributed by atoms with Crippen LogP contribution in [0.2, 0.25) is 0 Å². The van der Waals surface area contributed by atoms with E-state index >= 15 is 0 Å². The summed E-state index contributed by atoms with van der Waals surface area (Å²) in [6.45, 7) is 3.27. The summed E-state index contributed by atoms with van der Waals surface area (Å²) in [5.74, 6) is 0.369. The van der Waals surface area contributed by atoms with Gasteiger partial charge < -0.3 is 0 Å². The largest absolute Gasteiger partial charge is 0.297 e. The van der Waals surface area contributed by atoms with Crippen molar-refractivity contribution in [3.8, 4) is 0 Å². The highest BCUT2D eigenvalue weighted by molar-refractivity contribution is 7.89. The number of benzene rings is 1. The standard InChI is InChI=1S/C21H26N6O2S/c1-22-30(28,29)21-7-4-5-18(13-21)17-8-11-26(12-9-17)14-20-16-27(25-24-20)15-19-6-2-3-10-23-19/h2-7,10,13,16-17,22H,8-9,11-12,14-15H2,1H3. The van der Waals surface area contributed by atoms with Crippen molar-refractivity contribution in [2.75, 3.05) is 20.1 Å². The van der Waals surface area contributed by atoms with Crippen LogP contribution >= 0.6 is 0 Å². The van der Waals surface area contributed by atoms with E-state index < -0.39 is 10.0 Å². The molecule has 1 N–H and O–H groups in total. The summed E-state index contributed by atoms with van der Waals surface area (Å²) in [6.07, 6.45) is 5.74. The summed E-state index contributed by atoms with van der Waals surface area (Å²) in [5, 5.41) is 8.52. The quantitative estimate of drug-likeness (QED) is 0.621. The third-order valence-corrected chi connectivity index (χ3v) is 6.93. The lowest BCUT2D eigenvalue weighted by molar-refractivity contribution is 0.202. The molecule has 8 nitrogen and oxygen atoms in total. The van der Waals surface area contributed by atoms with E-state index in [-0.39, 0.29) is 0 Å². The van der Waals surface area contributed by atoms with E-state index in [1.165, 1.54) is 7.05 Å². The van der Waals surface area contributed by atoms with Crippen molar-refractivity contribution >= 4 is 10.0 Å². The van der Waals surface area contributed by atoms with Crippen molar-refractivity contribution < 1.29 is 8.42 Å². The molecular formula is C21H26N6O2S. The number of likely N-dealkylation sites (tertiary alicyclic amines) is 1. The second kappa shape index (κ2) is 9.03. The van der Waals surface area contributed by atoms with Gasteiger partial charge in [-0.3, -0.25) is 9.88 Å². The van der Waals surface area contributed by atoms with Crippen LogP contribution in [0, 0.1) is 0 Å². The zero-order valence-electron chi connectivity index (χ0n) is 17.0. The maximum atomic E-state index is 12.1. The summed E-state index contributed by atoms with van der Waals surface area (Å²) in [7, 11) is -1.98. The summed E-state index contributed by atoms with van der Waals surface area (Å²) in [6, 6.07) is 13.1. The zero-order valence-corrected chi connectivity index (χ0v) is 17.8. The molecule has 2 aromatic heterocycles. The monoisotopic (exact) mass is 426 g/mol. The molecule has 0 unspecified atom stereocenters. The number of rotatable bonds is 7. The van der Waals surface area contributed by atoms with E-state index in [4.69, 9.17) is 0 Å². The fourth-order valence-corrected chi connectivity index (χ4v) is 4.64. The number of nitrogens with zero attached hydrogens (tertiary/aromatic N) is 5. The Morgan fingerprint density at radius 2 is 1.90 bits per heavy atom. The van der Waals surface area contributed by atoms with Crippen LogP contribution in [0.25, 0.3) is 0 Å². The maximum absolute atomic E-state index is 12.1. The molecule has 9 heteroatoms. The third kappa shape index (κ3) is 4.92. The van der Waals surface area contributed by atoms with Gasteiger partial charge in [0, 0.05) is 12.7 Å². The average molecular weight is 427 g/mol. The molecule has 1 saturated heterocycles. The lowest BCUT2D eigenvalue weighted by atomic mass is 9.89. The highest BCUT2D eigenvalue weighted by Crippen LogP contribution is 2.29. The molecule has 3 heterocycles. The van der Waals surface area contributed by atoms with Crippen LogP contribution in [0.4, 0.5) is 0 Å². The Morgan fingerprint density at radius 1 is 1.07 bits per heavy atom. The van der Waals surface area contributed by atoms with Crippen LogP contribution in [-0.4, -0.2) is 53.4 Å². The molecule has 0 saturated carbocycles. The van der Waals surface area contributed by atoms with Gasteiger partial charge in [-0.15, -0.1) is 5.10 Å². The van der Waals surface area contributed by atoms with Crippen molar-refractivity contribution in [2.24, 2.45) is 0 Å². The van der Waals surface area contributed by atoms with Gasteiger partial charge in [0.15, 0.2) is 0 Å². The number of nitrogens with one attached hydrogen (secondary N) is 1.